The van der Waals surface area contributed by atoms with Crippen molar-refractivity contribution in [3.63, 3.8) is 0 Å². The van der Waals surface area contributed by atoms with Crippen LogP contribution in [-0.4, -0.2) is 35.8 Å². The van der Waals surface area contributed by atoms with Crippen LogP contribution in [-0.2, 0) is 11.3 Å². The number of aromatic hydroxyl groups is 1. The third-order valence-electron chi connectivity index (χ3n) is 4.32. The molecule has 0 spiro atoms. The average molecular weight is 405 g/mol. The van der Waals surface area contributed by atoms with Crippen molar-refractivity contribution in [3.05, 3.63) is 55.8 Å². The number of nitrogens with zero attached hydrogens (tertiary/aromatic N) is 2. The van der Waals surface area contributed by atoms with Gasteiger partial charge < -0.3 is 14.6 Å². The van der Waals surface area contributed by atoms with Crippen molar-refractivity contribution in [2.24, 2.45) is 0 Å². The van der Waals surface area contributed by atoms with Gasteiger partial charge in [-0.05, 0) is 44.0 Å². The van der Waals surface area contributed by atoms with Gasteiger partial charge in [0.15, 0.2) is 5.78 Å². The first kappa shape index (κ1) is 21.5. The molecule has 1 aromatic heterocycles. The van der Waals surface area contributed by atoms with Gasteiger partial charge in [0, 0.05) is 25.3 Å². The lowest BCUT2D eigenvalue weighted by Crippen LogP contribution is -2.27. The summed E-state index contributed by atoms with van der Waals surface area (Å²) in [7, 11) is 1.45. The molecule has 1 aromatic carbocycles. The van der Waals surface area contributed by atoms with Crippen LogP contribution in [0, 0.1) is 18.3 Å². The highest BCUT2D eigenvalue weighted by atomic mass is 35.5. The van der Waals surface area contributed by atoms with Crippen LogP contribution < -0.4 is 10.3 Å². The maximum absolute atomic E-state index is 13.0. The minimum absolute atomic E-state index is 0.103. The number of carbonyl (C=O) groups excluding carboxylic acids is 1. The van der Waals surface area contributed by atoms with E-state index in [4.69, 9.17) is 21.1 Å². The molecule has 0 atom stereocenters. The second-order valence-corrected chi connectivity index (χ2v) is 6.40. The summed E-state index contributed by atoms with van der Waals surface area (Å²) >= 11 is 6.09. The molecular formula is C20H21ClN2O5. The third kappa shape index (κ3) is 4.19. The van der Waals surface area contributed by atoms with Gasteiger partial charge in [0.2, 0.25) is 5.88 Å². The van der Waals surface area contributed by atoms with E-state index in [1.165, 1.54) is 32.2 Å². The highest BCUT2D eigenvalue weighted by Crippen LogP contribution is 2.29. The first-order chi connectivity index (χ1) is 13.4. The van der Waals surface area contributed by atoms with E-state index in [-0.39, 0.29) is 33.8 Å². The Morgan fingerprint density at radius 3 is 2.68 bits per heavy atom. The van der Waals surface area contributed by atoms with E-state index in [9.17, 15) is 20.0 Å². The molecule has 1 N–H and O–H groups in total. The first-order valence-electron chi connectivity index (χ1n) is 8.69. The van der Waals surface area contributed by atoms with E-state index in [2.05, 4.69) is 0 Å². The lowest BCUT2D eigenvalue weighted by Gasteiger charge is -2.16. The third-order valence-corrected chi connectivity index (χ3v) is 4.61. The molecule has 28 heavy (non-hydrogen) atoms. The van der Waals surface area contributed by atoms with E-state index in [1.54, 1.807) is 0 Å². The van der Waals surface area contributed by atoms with Gasteiger partial charge in [-0.1, -0.05) is 11.6 Å². The molecule has 2 rings (SSSR count). The van der Waals surface area contributed by atoms with Crippen LogP contribution in [0.5, 0.6) is 11.6 Å². The van der Waals surface area contributed by atoms with E-state index in [0.717, 1.165) is 4.57 Å². The quantitative estimate of drug-likeness (QED) is 0.536. The molecule has 0 bridgehead atoms. The predicted molar refractivity (Wildman–Crippen MR) is 104 cm³/mol. The summed E-state index contributed by atoms with van der Waals surface area (Å²) in [6, 6.07) is 6.29. The van der Waals surface area contributed by atoms with Crippen LogP contribution in [0.1, 0.15) is 40.4 Å². The van der Waals surface area contributed by atoms with Gasteiger partial charge in [-0.2, -0.15) is 5.26 Å². The lowest BCUT2D eigenvalue weighted by molar-refractivity contribution is 0.103. The molecule has 0 unspecified atom stereocenters. The van der Waals surface area contributed by atoms with Crippen molar-refractivity contribution < 1.29 is 19.4 Å². The highest BCUT2D eigenvalue weighted by molar-refractivity contribution is 6.32. The number of methoxy groups -OCH3 is 1. The fourth-order valence-corrected chi connectivity index (χ4v) is 3.11. The number of halogens is 1. The van der Waals surface area contributed by atoms with Gasteiger partial charge in [-0.25, -0.2) is 0 Å². The van der Waals surface area contributed by atoms with Crippen LogP contribution in [0.2, 0.25) is 5.02 Å². The minimum Gasteiger partial charge on any atom is -0.495 e. The van der Waals surface area contributed by atoms with E-state index >= 15 is 0 Å². The number of nitriles is 1. The van der Waals surface area contributed by atoms with E-state index < -0.39 is 17.2 Å². The molecule has 8 heteroatoms. The number of hydrogen-bond donors (Lipinski definition) is 1. The largest absolute Gasteiger partial charge is 0.495 e. The van der Waals surface area contributed by atoms with Gasteiger partial charge in [0.25, 0.3) is 5.56 Å². The van der Waals surface area contributed by atoms with Crippen molar-refractivity contribution in [1.82, 2.24) is 4.57 Å². The molecule has 0 saturated carbocycles. The number of ketones is 1. The minimum atomic E-state index is -0.640. The van der Waals surface area contributed by atoms with Gasteiger partial charge in [-0.15, -0.1) is 0 Å². The Morgan fingerprint density at radius 1 is 1.39 bits per heavy atom. The summed E-state index contributed by atoms with van der Waals surface area (Å²) in [4.78, 5) is 25.6. The maximum atomic E-state index is 13.0. The SMILES string of the molecule is CCOCCCn1c(O)c(C(=O)c2ccc(OC)c(Cl)c2)c(C)c(C#N)c1=O. The Labute approximate surface area is 167 Å². The summed E-state index contributed by atoms with van der Waals surface area (Å²) in [6.07, 6.45) is 0.442. The second-order valence-electron chi connectivity index (χ2n) is 6.00. The fraction of sp³-hybridized carbons (Fsp3) is 0.350. The molecule has 1 heterocycles. The number of aromatic nitrogens is 1. The lowest BCUT2D eigenvalue weighted by atomic mass is 9.97. The van der Waals surface area contributed by atoms with Crippen molar-refractivity contribution in [2.45, 2.75) is 26.8 Å². The smallest absolute Gasteiger partial charge is 0.271 e. The van der Waals surface area contributed by atoms with Crippen molar-refractivity contribution in [2.75, 3.05) is 20.3 Å². The summed E-state index contributed by atoms with van der Waals surface area (Å²) in [5.74, 6) is -0.623. The summed E-state index contributed by atoms with van der Waals surface area (Å²) in [6.45, 7) is 4.33. The van der Waals surface area contributed by atoms with Crippen molar-refractivity contribution in [1.29, 1.82) is 5.26 Å². The molecule has 7 nitrogen and oxygen atoms in total. The number of hydrogen-bond acceptors (Lipinski definition) is 6. The number of benzene rings is 1. The molecule has 0 saturated heterocycles. The molecule has 0 amide bonds. The molecule has 0 aliphatic heterocycles. The standard InChI is InChI=1S/C20H21ClN2O5/c1-4-28-9-5-8-23-19(25)14(11-22)12(2)17(20(23)26)18(24)13-6-7-16(27-3)15(21)10-13/h6-7,10,26H,4-5,8-9H2,1-3H3. The molecule has 0 radical (unpaired) electrons. The summed E-state index contributed by atoms with van der Waals surface area (Å²) in [5, 5.41) is 20.3. The van der Waals surface area contributed by atoms with E-state index in [0.29, 0.717) is 25.4 Å². The Hall–Kier alpha value is -2.82. The number of pyridine rings is 1. The van der Waals surface area contributed by atoms with Crippen LogP contribution in [0.4, 0.5) is 0 Å². The molecule has 0 fully saturated rings. The number of rotatable bonds is 8. The van der Waals surface area contributed by atoms with Crippen LogP contribution >= 0.6 is 11.6 Å². The summed E-state index contributed by atoms with van der Waals surface area (Å²) < 4.78 is 11.3. The maximum Gasteiger partial charge on any atom is 0.271 e. The Morgan fingerprint density at radius 2 is 2.11 bits per heavy atom. The highest BCUT2D eigenvalue weighted by Gasteiger charge is 2.25. The van der Waals surface area contributed by atoms with Crippen molar-refractivity contribution >= 4 is 17.4 Å². The number of carbonyl (C=O) groups is 1. The zero-order valence-corrected chi connectivity index (χ0v) is 16.7. The van der Waals surface area contributed by atoms with Gasteiger partial charge >= 0.3 is 0 Å². The zero-order chi connectivity index (χ0) is 20.8. The Bertz CT molecular complexity index is 992. The van der Waals surface area contributed by atoms with Gasteiger partial charge in [-0.3, -0.25) is 14.2 Å². The van der Waals surface area contributed by atoms with Gasteiger partial charge in [0.05, 0.1) is 17.7 Å². The molecular weight excluding hydrogens is 384 g/mol. The van der Waals surface area contributed by atoms with Crippen LogP contribution in [0.15, 0.2) is 23.0 Å². The second kappa shape index (κ2) is 9.40. The first-order valence-corrected chi connectivity index (χ1v) is 9.07. The van der Waals surface area contributed by atoms with Gasteiger partial charge in [0.1, 0.15) is 17.4 Å². The molecule has 2 aromatic rings. The van der Waals surface area contributed by atoms with Crippen LogP contribution in [0.25, 0.3) is 0 Å². The monoisotopic (exact) mass is 404 g/mol. The van der Waals surface area contributed by atoms with Crippen molar-refractivity contribution in [3.8, 4) is 17.7 Å². The Kier molecular flexibility index (Phi) is 7.21. The topological polar surface area (TPSA) is 102 Å². The zero-order valence-electron chi connectivity index (χ0n) is 15.9. The predicted octanol–water partition coefficient (Wildman–Crippen LogP) is 3.05. The average Bonchev–Trinajstić information content (AvgIpc) is 2.67. The summed E-state index contributed by atoms with van der Waals surface area (Å²) in [5.41, 5.74) is -0.597. The Balaban J connectivity index is 2.56. The number of ether oxygens (including phenoxy) is 2. The fourth-order valence-electron chi connectivity index (χ4n) is 2.85. The molecule has 0 aliphatic carbocycles. The van der Waals surface area contributed by atoms with E-state index in [1.807, 2.05) is 13.0 Å². The van der Waals surface area contributed by atoms with Crippen LogP contribution in [0.3, 0.4) is 0 Å². The molecule has 0 aliphatic rings. The normalized spacial score (nSPS) is 10.5. The molecule has 148 valence electrons.